The van der Waals surface area contributed by atoms with Crippen LogP contribution in [0.3, 0.4) is 0 Å². The lowest BCUT2D eigenvalue weighted by Gasteiger charge is -2.36. The average Bonchev–Trinajstić information content (AvgIpc) is 3.06. The Kier molecular flexibility index (Phi) is 9.08. The van der Waals surface area contributed by atoms with E-state index in [4.69, 9.17) is 9.47 Å². The number of β-amino-alcohol motifs (C(OH)–C–C–N with tert-alkyl or cyclic N) is 1. The van der Waals surface area contributed by atoms with Crippen LogP contribution in [-0.2, 0) is 14.3 Å². The smallest absolute Gasteiger partial charge is 0.277 e. The first-order valence-corrected chi connectivity index (χ1v) is 11.5. The summed E-state index contributed by atoms with van der Waals surface area (Å²) in [6.07, 6.45) is 2.69. The summed E-state index contributed by atoms with van der Waals surface area (Å²) in [6.45, 7) is 7.11. The Morgan fingerprint density at radius 3 is 2.38 bits per heavy atom. The van der Waals surface area contributed by atoms with Crippen LogP contribution < -0.4 is 4.74 Å². The van der Waals surface area contributed by atoms with Gasteiger partial charge in [0.25, 0.3) is 11.8 Å². The molecule has 0 radical (unpaired) electrons. The van der Waals surface area contributed by atoms with E-state index >= 15 is 0 Å². The molecule has 0 aliphatic carbocycles. The summed E-state index contributed by atoms with van der Waals surface area (Å²) in [5.74, 6) is 0.0470. The minimum absolute atomic E-state index is 0.112. The number of aliphatic hydroxyl groups is 1. The van der Waals surface area contributed by atoms with Gasteiger partial charge >= 0.3 is 0 Å². The molecule has 2 aliphatic heterocycles. The number of piperazine rings is 1. The van der Waals surface area contributed by atoms with Crippen molar-refractivity contribution in [1.29, 1.82) is 0 Å². The van der Waals surface area contributed by atoms with Gasteiger partial charge in [0.1, 0.15) is 11.4 Å². The van der Waals surface area contributed by atoms with E-state index in [0.717, 1.165) is 25.9 Å². The quantitative estimate of drug-likeness (QED) is 0.386. The molecule has 32 heavy (non-hydrogen) atoms. The van der Waals surface area contributed by atoms with E-state index in [2.05, 4.69) is 11.8 Å². The van der Waals surface area contributed by atoms with Crippen LogP contribution >= 0.6 is 0 Å². The number of benzene rings is 1. The number of methoxy groups -OCH3 is 1. The van der Waals surface area contributed by atoms with Crippen molar-refractivity contribution in [2.45, 2.75) is 26.2 Å². The lowest BCUT2D eigenvalue weighted by molar-refractivity contribution is -0.137. The molecule has 1 N–H and O–H groups in total. The Balaban J connectivity index is 1.82. The monoisotopic (exact) mass is 445 g/mol. The van der Waals surface area contributed by atoms with Gasteiger partial charge in [0, 0.05) is 58.0 Å². The number of imide groups is 1. The lowest BCUT2D eigenvalue weighted by atomic mass is 10.0. The molecule has 0 saturated carbocycles. The van der Waals surface area contributed by atoms with Gasteiger partial charge in [-0.2, -0.15) is 0 Å². The SMILES string of the molecule is CCCCOCCCN1C(=O)C(c2ccccc2OC)=C(N2CCN(CCO)CC2)C1=O. The first-order chi connectivity index (χ1) is 15.6. The van der Waals surface area contributed by atoms with Gasteiger partial charge in [-0.25, -0.2) is 0 Å². The van der Waals surface area contributed by atoms with Crippen molar-refractivity contribution in [2.75, 3.05) is 66.2 Å². The van der Waals surface area contributed by atoms with Gasteiger partial charge in [-0.05, 0) is 18.9 Å². The molecule has 2 aliphatic rings. The first-order valence-electron chi connectivity index (χ1n) is 11.5. The van der Waals surface area contributed by atoms with Crippen LogP contribution in [0.25, 0.3) is 5.57 Å². The van der Waals surface area contributed by atoms with Crippen molar-refractivity contribution in [3.63, 3.8) is 0 Å². The summed E-state index contributed by atoms with van der Waals surface area (Å²) in [5, 5.41) is 9.21. The highest BCUT2D eigenvalue weighted by Crippen LogP contribution is 2.36. The van der Waals surface area contributed by atoms with Gasteiger partial charge in [0.05, 0.1) is 19.3 Å². The van der Waals surface area contributed by atoms with Crippen LogP contribution in [0, 0.1) is 0 Å². The van der Waals surface area contributed by atoms with Gasteiger partial charge in [0.15, 0.2) is 0 Å². The maximum absolute atomic E-state index is 13.5. The van der Waals surface area contributed by atoms with Gasteiger partial charge in [-0.3, -0.25) is 19.4 Å². The highest BCUT2D eigenvalue weighted by molar-refractivity contribution is 6.36. The van der Waals surface area contributed by atoms with Crippen molar-refractivity contribution in [2.24, 2.45) is 0 Å². The molecule has 0 aromatic heterocycles. The van der Waals surface area contributed by atoms with Gasteiger partial charge in [0.2, 0.25) is 0 Å². The van der Waals surface area contributed by atoms with Gasteiger partial charge in [-0.1, -0.05) is 31.5 Å². The first kappa shape index (κ1) is 24.2. The van der Waals surface area contributed by atoms with Crippen LogP contribution in [0.2, 0.25) is 0 Å². The van der Waals surface area contributed by atoms with Crippen LogP contribution in [0.15, 0.2) is 30.0 Å². The molecule has 1 aromatic carbocycles. The topological polar surface area (TPSA) is 82.6 Å². The lowest BCUT2D eigenvalue weighted by Crippen LogP contribution is -2.48. The molecule has 8 nitrogen and oxygen atoms in total. The largest absolute Gasteiger partial charge is 0.496 e. The second kappa shape index (κ2) is 12.0. The number of para-hydroxylation sites is 1. The maximum Gasteiger partial charge on any atom is 0.277 e. The molecule has 0 spiro atoms. The number of unbranched alkanes of at least 4 members (excludes halogenated alkanes) is 1. The average molecular weight is 446 g/mol. The van der Waals surface area contributed by atoms with E-state index in [1.165, 1.54) is 4.90 Å². The summed E-state index contributed by atoms with van der Waals surface area (Å²) in [5.41, 5.74) is 1.51. The molecule has 1 fully saturated rings. The number of ether oxygens (including phenoxy) is 2. The van der Waals surface area contributed by atoms with Crippen molar-refractivity contribution in [3.8, 4) is 5.75 Å². The molecule has 176 valence electrons. The normalized spacial score (nSPS) is 17.6. The predicted molar refractivity (Wildman–Crippen MR) is 122 cm³/mol. The summed E-state index contributed by atoms with van der Waals surface area (Å²) < 4.78 is 11.1. The molecule has 1 saturated heterocycles. The number of nitrogens with zero attached hydrogens (tertiary/aromatic N) is 3. The van der Waals surface area contributed by atoms with E-state index in [9.17, 15) is 14.7 Å². The summed E-state index contributed by atoms with van der Waals surface area (Å²) in [7, 11) is 1.57. The number of aliphatic hydroxyl groups excluding tert-OH is 1. The summed E-state index contributed by atoms with van der Waals surface area (Å²) in [6, 6.07) is 7.34. The Bertz CT molecular complexity index is 818. The molecular weight excluding hydrogens is 410 g/mol. The molecule has 0 unspecified atom stereocenters. The standard InChI is InChI=1S/C24H35N3O5/c1-3-4-17-32-18-7-10-27-23(29)21(19-8-5-6-9-20(19)31-2)22(24(27)30)26-13-11-25(12-14-26)15-16-28/h5-6,8-9,28H,3-4,7,10-18H2,1-2H3. The Labute approximate surface area is 190 Å². The van der Waals surface area contributed by atoms with E-state index in [1.54, 1.807) is 13.2 Å². The van der Waals surface area contributed by atoms with Gasteiger partial charge in [-0.15, -0.1) is 0 Å². The Morgan fingerprint density at radius 1 is 0.969 bits per heavy atom. The van der Waals surface area contributed by atoms with E-state index < -0.39 is 0 Å². The minimum atomic E-state index is -0.277. The van der Waals surface area contributed by atoms with Crippen molar-refractivity contribution < 1.29 is 24.2 Å². The predicted octanol–water partition coefficient (Wildman–Crippen LogP) is 1.59. The van der Waals surface area contributed by atoms with E-state index in [-0.39, 0.29) is 18.4 Å². The number of carbonyl (C=O) groups excluding carboxylic acids is 2. The zero-order chi connectivity index (χ0) is 22.9. The molecule has 1 aromatic rings. The molecule has 2 heterocycles. The summed E-state index contributed by atoms with van der Waals surface area (Å²) in [4.78, 5) is 32.4. The van der Waals surface area contributed by atoms with Crippen LogP contribution in [0.4, 0.5) is 0 Å². The second-order valence-electron chi connectivity index (χ2n) is 8.06. The third-order valence-corrected chi connectivity index (χ3v) is 5.94. The van der Waals surface area contributed by atoms with Crippen molar-refractivity contribution in [3.05, 3.63) is 35.5 Å². The fourth-order valence-electron chi connectivity index (χ4n) is 4.16. The Morgan fingerprint density at radius 2 is 1.69 bits per heavy atom. The third kappa shape index (κ3) is 5.49. The minimum Gasteiger partial charge on any atom is -0.496 e. The van der Waals surface area contributed by atoms with Crippen LogP contribution in [0.5, 0.6) is 5.75 Å². The van der Waals surface area contributed by atoms with Crippen LogP contribution in [0.1, 0.15) is 31.7 Å². The third-order valence-electron chi connectivity index (χ3n) is 5.94. The maximum atomic E-state index is 13.5. The zero-order valence-electron chi connectivity index (χ0n) is 19.2. The van der Waals surface area contributed by atoms with Crippen molar-refractivity contribution >= 4 is 17.4 Å². The highest BCUT2D eigenvalue weighted by Gasteiger charge is 2.42. The summed E-state index contributed by atoms with van der Waals surface area (Å²) >= 11 is 0. The molecule has 0 bridgehead atoms. The fraction of sp³-hybridized carbons (Fsp3) is 0.583. The molecule has 8 heteroatoms. The highest BCUT2D eigenvalue weighted by atomic mass is 16.5. The number of rotatable bonds is 12. The van der Waals surface area contributed by atoms with Crippen molar-refractivity contribution in [1.82, 2.24) is 14.7 Å². The zero-order valence-corrected chi connectivity index (χ0v) is 19.2. The van der Waals surface area contributed by atoms with Gasteiger partial charge < -0.3 is 19.5 Å². The molecule has 3 rings (SSSR count). The molecule has 2 amide bonds. The molecular formula is C24H35N3O5. The Hall–Kier alpha value is -2.42. The second-order valence-corrected chi connectivity index (χ2v) is 8.06. The van der Waals surface area contributed by atoms with E-state index in [1.807, 2.05) is 23.1 Å². The number of hydrogen-bond donors (Lipinski definition) is 1. The molecule has 0 atom stereocenters. The number of hydrogen-bond acceptors (Lipinski definition) is 7. The fourth-order valence-corrected chi connectivity index (χ4v) is 4.16. The number of amides is 2. The number of carbonyl (C=O) groups is 2. The van der Waals surface area contributed by atoms with E-state index in [0.29, 0.717) is 68.4 Å². The van der Waals surface area contributed by atoms with Crippen LogP contribution in [-0.4, -0.2) is 97.8 Å².